The summed E-state index contributed by atoms with van der Waals surface area (Å²) in [5.41, 5.74) is 5.90. The summed E-state index contributed by atoms with van der Waals surface area (Å²) in [6.07, 6.45) is 5.34. The van der Waals surface area contributed by atoms with Crippen molar-refractivity contribution in [3.63, 3.8) is 0 Å². The fourth-order valence-corrected chi connectivity index (χ4v) is 2.82. The normalized spacial score (nSPS) is 14.5. The first-order chi connectivity index (χ1) is 12.1. The summed E-state index contributed by atoms with van der Waals surface area (Å²) in [4.78, 5) is 25.1. The summed E-state index contributed by atoms with van der Waals surface area (Å²) >= 11 is 0. The maximum atomic E-state index is 11.6. The molecule has 1 saturated heterocycles. The number of Topliss-reactive ketones (excluding diaryl/α,β-unsaturated/α-hetero) is 1. The molecule has 5 heteroatoms. The third-order valence-corrected chi connectivity index (χ3v) is 4.26. The highest BCUT2D eigenvalue weighted by molar-refractivity contribution is 6.07. The van der Waals surface area contributed by atoms with Gasteiger partial charge >= 0.3 is 0 Å². The van der Waals surface area contributed by atoms with E-state index in [1.54, 1.807) is 24.3 Å². The molecule has 0 saturated carbocycles. The second-order valence-electron chi connectivity index (χ2n) is 6.38. The van der Waals surface area contributed by atoms with Crippen LogP contribution in [0.2, 0.25) is 0 Å². The van der Waals surface area contributed by atoms with Crippen LogP contribution in [0.4, 0.5) is 0 Å². The Morgan fingerprint density at radius 2 is 1.68 bits per heavy atom. The molecule has 0 aliphatic carbocycles. The third-order valence-electron chi connectivity index (χ3n) is 4.26. The lowest BCUT2D eigenvalue weighted by atomic mass is 10.0. The Kier molecular flexibility index (Phi) is 10.8. The highest BCUT2D eigenvalue weighted by atomic mass is 16.1. The zero-order valence-electron chi connectivity index (χ0n) is 15.7. The van der Waals surface area contributed by atoms with Crippen molar-refractivity contribution in [3.8, 4) is 0 Å². The molecule has 1 aliphatic heterocycles. The van der Waals surface area contributed by atoms with Crippen molar-refractivity contribution in [2.75, 3.05) is 32.7 Å². The van der Waals surface area contributed by atoms with Crippen molar-refractivity contribution in [3.05, 3.63) is 35.4 Å². The van der Waals surface area contributed by atoms with E-state index >= 15 is 0 Å². The van der Waals surface area contributed by atoms with Crippen LogP contribution in [0, 0.1) is 0 Å². The Hall–Kier alpha value is -1.72. The fourth-order valence-electron chi connectivity index (χ4n) is 2.82. The van der Waals surface area contributed by atoms with Crippen LogP contribution in [0.25, 0.3) is 0 Å². The number of hydrogen-bond donors (Lipinski definition) is 2. The Morgan fingerprint density at radius 3 is 2.24 bits per heavy atom. The highest BCUT2D eigenvalue weighted by Crippen LogP contribution is 2.11. The topological polar surface area (TPSA) is 75.4 Å². The molecule has 1 heterocycles. The van der Waals surface area contributed by atoms with Gasteiger partial charge in [0.1, 0.15) is 0 Å². The molecular formula is C20H33N3O2. The number of carbonyl (C=O) groups excluding carboxylic acids is 2. The summed E-state index contributed by atoms with van der Waals surface area (Å²) in [6.45, 7) is 10.4. The van der Waals surface area contributed by atoms with Crippen molar-refractivity contribution in [1.82, 2.24) is 10.2 Å². The number of nitrogens with two attached hydrogens (primary N) is 1. The number of ketones is 1. The molecule has 1 aliphatic rings. The number of rotatable bonds is 8. The Morgan fingerprint density at radius 1 is 1.04 bits per heavy atom. The lowest BCUT2D eigenvalue weighted by molar-refractivity contribution is 0.0956. The zero-order chi connectivity index (χ0) is 18.5. The van der Waals surface area contributed by atoms with Gasteiger partial charge in [0.2, 0.25) is 5.91 Å². The number of unbranched alkanes of at least 4 members (excludes halogenated alkanes) is 2. The maximum absolute atomic E-state index is 11.6. The van der Waals surface area contributed by atoms with Gasteiger partial charge in [0, 0.05) is 43.7 Å². The molecule has 0 atom stereocenters. The van der Waals surface area contributed by atoms with Gasteiger partial charge in [-0.25, -0.2) is 0 Å². The first-order valence-corrected chi connectivity index (χ1v) is 9.45. The van der Waals surface area contributed by atoms with Crippen molar-refractivity contribution in [2.24, 2.45) is 5.73 Å². The van der Waals surface area contributed by atoms with Gasteiger partial charge in [-0.05, 0) is 25.5 Å². The second kappa shape index (κ2) is 12.6. The molecule has 0 unspecified atom stereocenters. The number of nitrogens with one attached hydrogen (secondary N) is 1. The number of hydrogen-bond acceptors (Lipinski definition) is 4. The molecular weight excluding hydrogens is 314 g/mol. The van der Waals surface area contributed by atoms with Crippen molar-refractivity contribution >= 4 is 11.7 Å². The molecule has 0 spiro atoms. The largest absolute Gasteiger partial charge is 0.366 e. The van der Waals surface area contributed by atoms with Crippen molar-refractivity contribution in [1.29, 1.82) is 0 Å². The van der Waals surface area contributed by atoms with Crippen LogP contribution in [-0.4, -0.2) is 49.3 Å². The van der Waals surface area contributed by atoms with Gasteiger partial charge < -0.3 is 16.0 Å². The first-order valence-electron chi connectivity index (χ1n) is 9.45. The maximum Gasteiger partial charge on any atom is 0.249 e. The first kappa shape index (κ1) is 21.3. The Labute approximate surface area is 152 Å². The van der Waals surface area contributed by atoms with E-state index in [9.17, 15) is 9.59 Å². The molecule has 0 bridgehead atoms. The van der Waals surface area contributed by atoms with Gasteiger partial charge in [-0.3, -0.25) is 9.59 Å². The summed E-state index contributed by atoms with van der Waals surface area (Å²) in [5.74, 6) is -0.577. The van der Waals surface area contributed by atoms with Gasteiger partial charge in [0.05, 0.1) is 0 Å². The molecule has 1 aromatic rings. The van der Waals surface area contributed by atoms with Crippen LogP contribution >= 0.6 is 0 Å². The van der Waals surface area contributed by atoms with Crippen LogP contribution in [0.5, 0.6) is 0 Å². The van der Waals surface area contributed by atoms with Gasteiger partial charge in [0.25, 0.3) is 0 Å². The molecule has 1 fully saturated rings. The van der Waals surface area contributed by atoms with E-state index < -0.39 is 5.91 Å². The van der Waals surface area contributed by atoms with E-state index in [1.807, 2.05) is 6.92 Å². The van der Waals surface area contributed by atoms with Crippen LogP contribution in [0.15, 0.2) is 24.3 Å². The minimum Gasteiger partial charge on any atom is -0.366 e. The van der Waals surface area contributed by atoms with E-state index in [1.165, 1.54) is 52.0 Å². The zero-order valence-corrected chi connectivity index (χ0v) is 15.7. The number of piperazine rings is 1. The number of nitrogens with zero attached hydrogens (tertiary/aromatic N) is 1. The standard InChI is InChI=1S/C11H13NO2.C9H20N2/c1-2-5-10(13)8-6-3-4-7-9(8)11(12)14;1-2-3-4-7-11-8-5-10-6-9-11/h3-4,6-7H,2,5H2,1H3,(H2,12,14);10H,2-9H2,1H3. The molecule has 1 aromatic carbocycles. The second-order valence-corrected chi connectivity index (χ2v) is 6.38. The summed E-state index contributed by atoms with van der Waals surface area (Å²) in [5, 5.41) is 3.36. The van der Waals surface area contributed by atoms with Crippen molar-refractivity contribution in [2.45, 2.75) is 46.0 Å². The minimum absolute atomic E-state index is 0.0260. The fraction of sp³-hybridized carbons (Fsp3) is 0.600. The lowest BCUT2D eigenvalue weighted by Crippen LogP contribution is -2.43. The highest BCUT2D eigenvalue weighted by Gasteiger charge is 2.12. The average Bonchev–Trinajstić information content (AvgIpc) is 2.63. The SMILES string of the molecule is CCCC(=O)c1ccccc1C(N)=O.CCCCCN1CCNCC1. The molecule has 0 radical (unpaired) electrons. The van der Waals surface area contributed by atoms with Crippen LogP contribution in [0.1, 0.15) is 66.7 Å². The molecule has 140 valence electrons. The van der Waals surface area contributed by atoms with E-state index in [-0.39, 0.29) is 5.78 Å². The molecule has 5 nitrogen and oxygen atoms in total. The molecule has 25 heavy (non-hydrogen) atoms. The van der Waals surface area contributed by atoms with Crippen LogP contribution < -0.4 is 11.1 Å². The number of amides is 1. The molecule has 1 amide bonds. The quantitative estimate of drug-likeness (QED) is 0.560. The predicted molar refractivity (Wildman–Crippen MR) is 103 cm³/mol. The molecule has 2 rings (SSSR count). The van der Waals surface area contributed by atoms with Crippen LogP contribution in [0.3, 0.4) is 0 Å². The van der Waals surface area contributed by atoms with Gasteiger partial charge in [-0.1, -0.05) is 44.9 Å². The van der Waals surface area contributed by atoms with Crippen LogP contribution in [-0.2, 0) is 0 Å². The molecule has 0 aromatic heterocycles. The summed E-state index contributed by atoms with van der Waals surface area (Å²) in [7, 11) is 0. The Bertz CT molecular complexity index is 525. The summed E-state index contributed by atoms with van der Waals surface area (Å²) < 4.78 is 0. The number of primary amides is 1. The number of carbonyl (C=O) groups is 2. The predicted octanol–water partition coefficient (Wildman–Crippen LogP) is 2.85. The monoisotopic (exact) mass is 347 g/mol. The average molecular weight is 348 g/mol. The van der Waals surface area contributed by atoms with E-state index in [0.717, 1.165) is 6.42 Å². The minimum atomic E-state index is -0.551. The van der Waals surface area contributed by atoms with Gasteiger partial charge in [0.15, 0.2) is 5.78 Å². The van der Waals surface area contributed by atoms with E-state index in [0.29, 0.717) is 17.5 Å². The van der Waals surface area contributed by atoms with Gasteiger partial charge in [-0.15, -0.1) is 0 Å². The van der Waals surface area contributed by atoms with E-state index in [4.69, 9.17) is 5.73 Å². The van der Waals surface area contributed by atoms with E-state index in [2.05, 4.69) is 17.1 Å². The van der Waals surface area contributed by atoms with Crippen molar-refractivity contribution < 1.29 is 9.59 Å². The Balaban J connectivity index is 0.000000257. The smallest absolute Gasteiger partial charge is 0.249 e. The summed E-state index contributed by atoms with van der Waals surface area (Å²) in [6, 6.07) is 6.64. The molecule has 3 N–H and O–H groups in total. The van der Waals surface area contributed by atoms with Gasteiger partial charge in [-0.2, -0.15) is 0 Å². The third kappa shape index (κ3) is 8.27. The lowest BCUT2D eigenvalue weighted by Gasteiger charge is -2.26. The number of benzene rings is 1.